The third kappa shape index (κ3) is 3.56. The molecule has 1 heterocycles. The van der Waals surface area contributed by atoms with E-state index in [2.05, 4.69) is 60.9 Å². The highest BCUT2D eigenvalue weighted by atomic mass is 16.7. The summed E-state index contributed by atoms with van der Waals surface area (Å²) in [6.45, 7) is 4.19. The fourth-order valence-corrected chi connectivity index (χ4v) is 3.12. The molecule has 0 saturated carbocycles. The summed E-state index contributed by atoms with van der Waals surface area (Å²) in [4.78, 5) is 6.10. The van der Waals surface area contributed by atoms with Gasteiger partial charge in [-0.05, 0) is 55.2 Å². The molecule has 1 aromatic rings. The van der Waals surface area contributed by atoms with E-state index in [0.717, 1.165) is 31.7 Å². The lowest BCUT2D eigenvalue weighted by molar-refractivity contribution is -0.0792. The molecule has 1 radical (unpaired) electrons. The maximum atomic E-state index is 6.10. The summed E-state index contributed by atoms with van der Waals surface area (Å²) in [5.41, 5.74) is 2.78. The van der Waals surface area contributed by atoms with Crippen molar-refractivity contribution < 1.29 is 4.84 Å². The van der Waals surface area contributed by atoms with Crippen molar-refractivity contribution in [3.05, 3.63) is 60.1 Å². The molecule has 1 fully saturated rings. The van der Waals surface area contributed by atoms with Crippen molar-refractivity contribution >= 4 is 0 Å². The Morgan fingerprint density at radius 1 is 1.19 bits per heavy atom. The van der Waals surface area contributed by atoms with Crippen molar-refractivity contribution in [3.63, 3.8) is 0 Å². The van der Waals surface area contributed by atoms with Gasteiger partial charge < -0.3 is 4.84 Å². The van der Waals surface area contributed by atoms with E-state index in [-0.39, 0.29) is 0 Å². The van der Waals surface area contributed by atoms with Gasteiger partial charge in [-0.25, -0.2) is 0 Å². The number of benzene rings is 1. The molecule has 0 N–H and O–H groups in total. The van der Waals surface area contributed by atoms with Crippen molar-refractivity contribution in [3.8, 4) is 5.75 Å². The number of hydroxylamine groups is 2. The van der Waals surface area contributed by atoms with Gasteiger partial charge in [-0.15, -0.1) is 5.06 Å². The summed E-state index contributed by atoms with van der Waals surface area (Å²) in [5, 5.41) is 2.13. The van der Waals surface area contributed by atoms with Crippen LogP contribution in [0.4, 0.5) is 0 Å². The van der Waals surface area contributed by atoms with Gasteiger partial charge in [-0.2, -0.15) is 0 Å². The van der Waals surface area contributed by atoms with Crippen molar-refractivity contribution in [1.82, 2.24) is 5.06 Å². The van der Waals surface area contributed by atoms with E-state index >= 15 is 0 Å². The van der Waals surface area contributed by atoms with Crippen LogP contribution in [0.1, 0.15) is 31.7 Å². The summed E-state index contributed by atoms with van der Waals surface area (Å²) < 4.78 is 0. The Labute approximate surface area is 128 Å². The van der Waals surface area contributed by atoms with E-state index in [1.54, 1.807) is 0 Å². The average Bonchev–Trinajstić information content (AvgIpc) is 2.57. The fraction of sp³-hybridized carbons (Fsp3) is 0.421. The molecule has 0 spiro atoms. The number of nitrogens with zero attached hydrogens (tertiary/aromatic N) is 1. The van der Waals surface area contributed by atoms with E-state index in [1.807, 2.05) is 0 Å². The zero-order valence-corrected chi connectivity index (χ0v) is 12.8. The minimum absolute atomic E-state index is 0.694. The Morgan fingerprint density at radius 2 is 2.00 bits per heavy atom. The molecule has 0 atom stereocenters. The Kier molecular flexibility index (Phi) is 4.76. The predicted octanol–water partition coefficient (Wildman–Crippen LogP) is 4.35. The highest BCUT2D eigenvalue weighted by Gasteiger charge is 2.23. The van der Waals surface area contributed by atoms with Gasteiger partial charge in [-0.3, -0.25) is 0 Å². The van der Waals surface area contributed by atoms with Gasteiger partial charge in [0.05, 0.1) is 0 Å². The lowest BCUT2D eigenvalue weighted by Crippen LogP contribution is -2.36. The van der Waals surface area contributed by atoms with Crippen LogP contribution >= 0.6 is 0 Å². The van der Waals surface area contributed by atoms with E-state index in [9.17, 15) is 0 Å². The van der Waals surface area contributed by atoms with Crippen LogP contribution in [-0.2, 0) is 6.42 Å². The molecule has 0 unspecified atom stereocenters. The Balaban J connectivity index is 1.56. The summed E-state index contributed by atoms with van der Waals surface area (Å²) >= 11 is 0. The molecule has 2 heteroatoms. The van der Waals surface area contributed by atoms with Crippen LogP contribution in [0.3, 0.4) is 0 Å². The second kappa shape index (κ2) is 6.95. The van der Waals surface area contributed by atoms with Gasteiger partial charge in [0.25, 0.3) is 0 Å². The van der Waals surface area contributed by atoms with Gasteiger partial charge in [0.1, 0.15) is 0 Å². The third-order valence-electron chi connectivity index (χ3n) is 4.40. The summed E-state index contributed by atoms with van der Waals surface area (Å²) in [6.07, 6.45) is 13.6. The first-order valence-electron chi connectivity index (χ1n) is 8.07. The van der Waals surface area contributed by atoms with E-state index < -0.39 is 0 Å². The molecule has 2 aliphatic rings. The zero-order chi connectivity index (χ0) is 14.5. The van der Waals surface area contributed by atoms with Crippen LogP contribution in [-0.4, -0.2) is 18.2 Å². The summed E-state index contributed by atoms with van der Waals surface area (Å²) in [7, 11) is 0. The maximum Gasteiger partial charge on any atom is 0.150 e. The molecule has 21 heavy (non-hydrogen) atoms. The first-order chi connectivity index (χ1) is 10.4. The number of rotatable bonds is 4. The SMILES string of the molecule is CCc1ccccc1ON1CCC(C2=C[CH]CC=C2)CC1. The lowest BCUT2D eigenvalue weighted by atomic mass is 9.87. The van der Waals surface area contributed by atoms with Gasteiger partial charge in [0.2, 0.25) is 0 Å². The number of piperidine rings is 1. The molecular weight excluding hydrogens is 258 g/mol. The molecule has 1 aromatic carbocycles. The average molecular weight is 282 g/mol. The van der Waals surface area contributed by atoms with Gasteiger partial charge in [0, 0.05) is 13.1 Å². The van der Waals surface area contributed by atoms with Crippen molar-refractivity contribution in [1.29, 1.82) is 0 Å². The predicted molar refractivity (Wildman–Crippen MR) is 86.9 cm³/mol. The first kappa shape index (κ1) is 14.4. The largest absolute Gasteiger partial charge is 0.406 e. The molecule has 2 nitrogen and oxygen atoms in total. The normalized spacial score (nSPS) is 20.3. The highest BCUT2D eigenvalue weighted by Crippen LogP contribution is 2.29. The van der Waals surface area contributed by atoms with Crippen LogP contribution in [0, 0.1) is 12.3 Å². The molecule has 1 aliphatic heterocycles. The fourth-order valence-electron chi connectivity index (χ4n) is 3.12. The summed E-state index contributed by atoms with van der Waals surface area (Å²) in [5.74, 6) is 1.71. The minimum Gasteiger partial charge on any atom is -0.406 e. The van der Waals surface area contributed by atoms with Gasteiger partial charge in [0.15, 0.2) is 5.75 Å². The Morgan fingerprint density at radius 3 is 2.71 bits per heavy atom. The molecular formula is C19H24NO. The molecule has 3 rings (SSSR count). The van der Waals surface area contributed by atoms with Crippen molar-refractivity contribution in [2.45, 2.75) is 32.6 Å². The molecule has 0 amide bonds. The summed E-state index contributed by atoms with van der Waals surface area (Å²) in [6, 6.07) is 8.35. The van der Waals surface area contributed by atoms with Crippen LogP contribution in [0.25, 0.3) is 0 Å². The molecule has 0 bridgehead atoms. The number of aryl methyl sites for hydroxylation is 1. The molecule has 0 aromatic heterocycles. The van der Waals surface area contributed by atoms with Crippen LogP contribution in [0.15, 0.2) is 48.1 Å². The topological polar surface area (TPSA) is 12.5 Å². The van der Waals surface area contributed by atoms with E-state index in [0.29, 0.717) is 5.92 Å². The first-order valence-corrected chi connectivity index (χ1v) is 8.07. The minimum atomic E-state index is 0.694. The smallest absolute Gasteiger partial charge is 0.150 e. The number of hydrogen-bond donors (Lipinski definition) is 0. The lowest BCUT2D eigenvalue weighted by Gasteiger charge is -2.32. The maximum absolute atomic E-state index is 6.10. The number of para-hydroxylation sites is 1. The highest BCUT2D eigenvalue weighted by molar-refractivity contribution is 5.33. The van der Waals surface area contributed by atoms with Crippen LogP contribution in [0.5, 0.6) is 5.75 Å². The second-order valence-corrected chi connectivity index (χ2v) is 5.80. The zero-order valence-electron chi connectivity index (χ0n) is 12.8. The third-order valence-corrected chi connectivity index (χ3v) is 4.40. The van der Waals surface area contributed by atoms with Crippen molar-refractivity contribution in [2.75, 3.05) is 13.1 Å². The molecule has 111 valence electrons. The Hall–Kier alpha value is -1.54. The van der Waals surface area contributed by atoms with E-state index in [4.69, 9.17) is 4.84 Å². The Bertz CT molecular complexity index is 524. The van der Waals surface area contributed by atoms with Gasteiger partial charge in [-0.1, -0.05) is 43.4 Å². The quantitative estimate of drug-likeness (QED) is 0.814. The molecule has 1 saturated heterocycles. The second-order valence-electron chi connectivity index (χ2n) is 5.80. The van der Waals surface area contributed by atoms with E-state index in [1.165, 1.54) is 24.0 Å². The standard InChI is InChI=1S/C19H24NO/c1-2-16-8-6-7-11-19(16)21-20-14-12-18(13-15-20)17-9-4-3-5-10-17/h4-11,18H,2-3,12-15H2,1H3. The number of allylic oxidation sites excluding steroid dienone is 4. The monoisotopic (exact) mass is 282 g/mol. The van der Waals surface area contributed by atoms with Crippen LogP contribution in [0.2, 0.25) is 0 Å². The van der Waals surface area contributed by atoms with Crippen molar-refractivity contribution in [2.24, 2.45) is 5.92 Å². The number of hydrogen-bond acceptors (Lipinski definition) is 2. The molecule has 1 aliphatic carbocycles. The van der Waals surface area contributed by atoms with Gasteiger partial charge >= 0.3 is 0 Å². The van der Waals surface area contributed by atoms with Crippen LogP contribution < -0.4 is 4.84 Å².